The molecule has 1 heterocycles. The van der Waals surface area contributed by atoms with Gasteiger partial charge in [0.2, 0.25) is 5.91 Å². The van der Waals surface area contributed by atoms with Crippen LogP contribution in [0, 0.1) is 0 Å². The average Bonchev–Trinajstić information content (AvgIpc) is 1.86. The smallest absolute Gasteiger partial charge is 0.220 e. The Kier molecular flexibility index (Phi) is 3.61. The van der Waals surface area contributed by atoms with Gasteiger partial charge in [-0.05, 0) is 6.42 Å². The van der Waals surface area contributed by atoms with Gasteiger partial charge in [-0.15, -0.1) is 0 Å². The Bertz CT molecular complexity index is 66.1. The van der Waals surface area contributed by atoms with Gasteiger partial charge in [0.1, 0.15) is 0 Å². The first-order valence-corrected chi connectivity index (χ1v) is 2.16. The first kappa shape index (κ1) is 7.41. The Morgan fingerprint density at radius 2 is 2.29 bits per heavy atom. The zero-order valence-electron chi connectivity index (χ0n) is 4.24. The molecule has 1 fully saturated rings. The predicted octanol–water partition coefficient (Wildman–Crippen LogP) is -0.106. The predicted molar refractivity (Wildman–Crippen MR) is 22.2 cm³/mol. The topological polar surface area (TPSA) is 29.1 Å². The standard InChI is InChI=1S/C4H7NO.Hg/c6-4-2-1-3-5-4;/h1-3H2,(H,5,6);. The van der Waals surface area contributed by atoms with Crippen molar-refractivity contribution in [1.82, 2.24) is 5.32 Å². The second kappa shape index (κ2) is 3.41. The molecule has 0 saturated carbocycles. The summed E-state index contributed by atoms with van der Waals surface area (Å²) in [5, 5.41) is 2.68. The second-order valence-corrected chi connectivity index (χ2v) is 1.45. The molecule has 1 saturated heterocycles. The van der Waals surface area contributed by atoms with Crippen LogP contribution >= 0.6 is 0 Å². The fourth-order valence-electron chi connectivity index (χ4n) is 0.565. The molecule has 1 amide bonds. The van der Waals surface area contributed by atoms with Gasteiger partial charge in [-0.3, -0.25) is 4.79 Å². The number of rotatable bonds is 0. The number of nitrogens with one attached hydrogen (secondary N) is 1. The quantitative estimate of drug-likeness (QED) is 0.619. The van der Waals surface area contributed by atoms with Gasteiger partial charge in [0.05, 0.1) is 0 Å². The van der Waals surface area contributed by atoms with Crippen LogP contribution in [-0.2, 0) is 32.5 Å². The molecule has 0 aromatic rings. The molecule has 0 bridgehead atoms. The van der Waals surface area contributed by atoms with Crippen molar-refractivity contribution in [2.75, 3.05) is 6.54 Å². The van der Waals surface area contributed by atoms with E-state index in [0.29, 0.717) is 0 Å². The van der Waals surface area contributed by atoms with Crippen LogP contribution in [0.5, 0.6) is 0 Å². The molecular formula is C4H7HgNO. The zero-order chi connectivity index (χ0) is 4.41. The summed E-state index contributed by atoms with van der Waals surface area (Å²) in [5.74, 6) is 0.204. The molecule has 3 heteroatoms. The molecule has 0 unspecified atom stereocenters. The number of hydrogen-bond donors (Lipinski definition) is 1. The van der Waals surface area contributed by atoms with Crippen molar-refractivity contribution >= 4 is 5.91 Å². The maximum absolute atomic E-state index is 10.1. The van der Waals surface area contributed by atoms with Crippen LogP contribution in [0.2, 0.25) is 0 Å². The third kappa shape index (κ3) is 2.27. The van der Waals surface area contributed by atoms with Gasteiger partial charge in [-0.25, -0.2) is 0 Å². The van der Waals surface area contributed by atoms with Gasteiger partial charge < -0.3 is 5.32 Å². The number of carbonyl (C=O) groups excluding carboxylic acids is 1. The van der Waals surface area contributed by atoms with E-state index in [1.807, 2.05) is 0 Å². The first-order valence-electron chi connectivity index (χ1n) is 2.16. The molecule has 1 rings (SSSR count). The summed E-state index contributed by atoms with van der Waals surface area (Å²) in [5.41, 5.74) is 0. The molecule has 2 nitrogen and oxygen atoms in total. The van der Waals surface area contributed by atoms with Crippen molar-refractivity contribution in [2.24, 2.45) is 0 Å². The Labute approximate surface area is 63.2 Å². The van der Waals surface area contributed by atoms with Gasteiger partial charge in [0, 0.05) is 40.6 Å². The van der Waals surface area contributed by atoms with E-state index >= 15 is 0 Å². The summed E-state index contributed by atoms with van der Waals surface area (Å²) in [6, 6.07) is 0. The number of amides is 1. The van der Waals surface area contributed by atoms with E-state index in [4.69, 9.17) is 0 Å². The number of carbonyl (C=O) groups is 1. The number of hydrogen-bond acceptors (Lipinski definition) is 1. The Hall–Kier alpha value is 0.405. The minimum atomic E-state index is 0. The molecule has 36 valence electrons. The SMILES string of the molecule is O=C1CCCN1.[Hg]. The molecule has 1 aliphatic heterocycles. The van der Waals surface area contributed by atoms with Crippen molar-refractivity contribution in [3.63, 3.8) is 0 Å². The van der Waals surface area contributed by atoms with Crippen LogP contribution in [0.4, 0.5) is 0 Å². The van der Waals surface area contributed by atoms with Crippen molar-refractivity contribution in [3.8, 4) is 0 Å². The summed E-state index contributed by atoms with van der Waals surface area (Å²) >= 11 is 0. The van der Waals surface area contributed by atoms with E-state index in [-0.39, 0.29) is 33.6 Å². The van der Waals surface area contributed by atoms with Gasteiger partial charge in [0.25, 0.3) is 0 Å². The monoisotopic (exact) mass is 287 g/mol. The van der Waals surface area contributed by atoms with Crippen molar-refractivity contribution < 1.29 is 32.5 Å². The molecule has 0 aliphatic carbocycles. The fraction of sp³-hybridized carbons (Fsp3) is 0.750. The van der Waals surface area contributed by atoms with Crippen molar-refractivity contribution in [3.05, 3.63) is 0 Å². The Balaban J connectivity index is 0.000000360. The molecular weight excluding hydrogens is 279 g/mol. The summed E-state index contributed by atoms with van der Waals surface area (Å²) in [6.07, 6.45) is 1.76. The fourth-order valence-corrected chi connectivity index (χ4v) is 0.565. The van der Waals surface area contributed by atoms with Gasteiger partial charge in [-0.1, -0.05) is 0 Å². The van der Waals surface area contributed by atoms with E-state index in [1.54, 1.807) is 0 Å². The molecule has 0 aromatic carbocycles. The summed E-state index contributed by atoms with van der Waals surface area (Å²) in [6.45, 7) is 0.888. The van der Waals surface area contributed by atoms with Crippen LogP contribution in [0.15, 0.2) is 0 Å². The Morgan fingerprint density at radius 3 is 2.43 bits per heavy atom. The van der Waals surface area contributed by atoms with E-state index in [0.717, 1.165) is 19.4 Å². The van der Waals surface area contributed by atoms with Crippen molar-refractivity contribution in [1.29, 1.82) is 0 Å². The molecule has 1 aliphatic rings. The summed E-state index contributed by atoms with van der Waals surface area (Å²) in [4.78, 5) is 10.1. The molecule has 0 aromatic heterocycles. The van der Waals surface area contributed by atoms with Gasteiger partial charge >= 0.3 is 0 Å². The van der Waals surface area contributed by atoms with Gasteiger partial charge in [0.15, 0.2) is 0 Å². The van der Waals surface area contributed by atoms with E-state index in [1.165, 1.54) is 0 Å². The molecule has 1 N–H and O–H groups in total. The third-order valence-electron chi connectivity index (χ3n) is 0.903. The maximum Gasteiger partial charge on any atom is 0.220 e. The van der Waals surface area contributed by atoms with Crippen molar-refractivity contribution in [2.45, 2.75) is 12.8 Å². The Morgan fingerprint density at radius 1 is 1.57 bits per heavy atom. The zero-order valence-corrected chi connectivity index (χ0v) is 9.73. The van der Waals surface area contributed by atoms with E-state index in [2.05, 4.69) is 5.32 Å². The maximum atomic E-state index is 10.1. The van der Waals surface area contributed by atoms with E-state index in [9.17, 15) is 4.79 Å². The van der Waals surface area contributed by atoms with Crippen LogP contribution in [0.3, 0.4) is 0 Å². The van der Waals surface area contributed by atoms with Crippen LogP contribution in [0.25, 0.3) is 0 Å². The van der Waals surface area contributed by atoms with Crippen LogP contribution < -0.4 is 5.32 Å². The van der Waals surface area contributed by atoms with E-state index < -0.39 is 0 Å². The summed E-state index contributed by atoms with van der Waals surface area (Å²) < 4.78 is 0. The molecule has 0 spiro atoms. The molecule has 0 atom stereocenters. The molecule has 0 radical (unpaired) electrons. The summed E-state index contributed by atoms with van der Waals surface area (Å²) in [7, 11) is 0. The first-order chi connectivity index (χ1) is 2.89. The van der Waals surface area contributed by atoms with Crippen LogP contribution in [0.1, 0.15) is 12.8 Å². The minimum absolute atomic E-state index is 0. The average molecular weight is 286 g/mol. The van der Waals surface area contributed by atoms with Gasteiger partial charge in [-0.2, -0.15) is 0 Å². The normalized spacial score (nSPS) is 18.0. The minimum Gasteiger partial charge on any atom is -0.356 e. The molecule has 7 heavy (non-hydrogen) atoms. The largest absolute Gasteiger partial charge is 0.356 e. The third-order valence-corrected chi connectivity index (χ3v) is 0.903. The second-order valence-electron chi connectivity index (χ2n) is 1.45. The van der Waals surface area contributed by atoms with Crippen LogP contribution in [-0.4, -0.2) is 12.5 Å².